The maximum absolute atomic E-state index is 12.4. The van der Waals surface area contributed by atoms with Crippen LogP contribution in [-0.2, 0) is 9.59 Å². The molecular weight excluding hydrogens is 503 g/mol. The first-order chi connectivity index (χ1) is 17.3. The van der Waals surface area contributed by atoms with E-state index >= 15 is 0 Å². The Balaban J connectivity index is 1.35. The van der Waals surface area contributed by atoms with E-state index in [9.17, 15) is 14.4 Å². The Bertz CT molecular complexity index is 1140. The van der Waals surface area contributed by atoms with Crippen LogP contribution in [0.3, 0.4) is 0 Å². The number of likely N-dealkylation sites (N-methyl/N-ethyl adjacent to an activating group) is 2. The van der Waals surface area contributed by atoms with Crippen molar-refractivity contribution in [1.29, 1.82) is 0 Å². The number of hydrogen-bond donors (Lipinski definition) is 0. The van der Waals surface area contributed by atoms with Gasteiger partial charge in [0, 0.05) is 14.1 Å². The summed E-state index contributed by atoms with van der Waals surface area (Å²) in [7, 11) is 2.62. The van der Waals surface area contributed by atoms with Gasteiger partial charge in [-0.05, 0) is 60.2 Å². The van der Waals surface area contributed by atoms with Crippen LogP contribution in [0.2, 0.25) is 10.0 Å². The van der Waals surface area contributed by atoms with E-state index in [1.165, 1.54) is 70.0 Å². The van der Waals surface area contributed by atoms with Crippen molar-refractivity contribution in [3.8, 4) is 11.5 Å². The first-order valence-electron chi connectivity index (χ1n) is 11.9. The van der Waals surface area contributed by atoms with Crippen molar-refractivity contribution in [3.05, 3.63) is 63.1 Å². The highest BCUT2D eigenvalue weighted by atomic mass is 35.5. The number of carbonyl (C=O) groups is 3. The predicted octanol–water partition coefficient (Wildman–Crippen LogP) is 5.93. The summed E-state index contributed by atoms with van der Waals surface area (Å²) in [6, 6.07) is 10.6. The zero-order valence-corrected chi connectivity index (χ0v) is 21.8. The highest BCUT2D eigenvalue weighted by Crippen LogP contribution is 2.36. The van der Waals surface area contributed by atoms with Crippen molar-refractivity contribution >= 4 is 47.1 Å². The molecular formula is C27H28Cl2N2O5. The lowest BCUT2D eigenvalue weighted by molar-refractivity contribution is -0.134. The summed E-state index contributed by atoms with van der Waals surface area (Å²) in [5.41, 5.74) is 1.64. The summed E-state index contributed by atoms with van der Waals surface area (Å²) in [6.07, 6.45) is 7.80. The number of amides is 4. The monoisotopic (exact) mass is 530 g/mol. The van der Waals surface area contributed by atoms with Crippen LogP contribution >= 0.6 is 23.2 Å². The van der Waals surface area contributed by atoms with E-state index in [4.69, 9.17) is 32.7 Å². The Kier molecular flexibility index (Phi) is 8.21. The van der Waals surface area contributed by atoms with E-state index in [0.717, 1.165) is 15.5 Å². The van der Waals surface area contributed by atoms with Crippen LogP contribution < -0.4 is 9.47 Å². The molecule has 1 saturated carbocycles. The molecule has 1 aliphatic carbocycles. The molecule has 36 heavy (non-hydrogen) atoms. The van der Waals surface area contributed by atoms with Crippen molar-refractivity contribution in [2.24, 2.45) is 0 Å². The molecule has 9 heteroatoms. The number of nitrogens with zero attached hydrogens (tertiary/aromatic N) is 2. The van der Waals surface area contributed by atoms with Crippen molar-refractivity contribution in [2.45, 2.75) is 38.0 Å². The molecule has 4 amide bonds. The lowest BCUT2D eigenvalue weighted by Crippen LogP contribution is -2.52. The number of benzene rings is 2. The lowest BCUT2D eigenvalue weighted by atomic mass is 9.84. The fraction of sp³-hybridized carbons (Fsp3) is 0.370. The molecule has 0 aromatic heterocycles. The first-order valence-corrected chi connectivity index (χ1v) is 12.7. The third-order valence-corrected chi connectivity index (χ3v) is 7.09. The molecule has 1 heterocycles. The molecule has 0 N–H and O–H groups in total. The third-order valence-electron chi connectivity index (χ3n) is 6.53. The van der Waals surface area contributed by atoms with Gasteiger partial charge in [-0.3, -0.25) is 19.4 Å². The van der Waals surface area contributed by atoms with Gasteiger partial charge >= 0.3 is 6.03 Å². The number of urea groups is 1. The van der Waals surface area contributed by atoms with Gasteiger partial charge in [-0.25, -0.2) is 4.79 Å². The molecule has 0 bridgehead atoms. The molecule has 7 nitrogen and oxygen atoms in total. The van der Waals surface area contributed by atoms with Crippen LogP contribution in [0, 0.1) is 0 Å². The van der Waals surface area contributed by atoms with E-state index in [2.05, 4.69) is 12.1 Å². The summed E-state index contributed by atoms with van der Waals surface area (Å²) in [4.78, 5) is 38.5. The van der Waals surface area contributed by atoms with Gasteiger partial charge in [0.15, 0.2) is 5.75 Å². The van der Waals surface area contributed by atoms with E-state index in [-0.39, 0.29) is 28.0 Å². The molecule has 0 unspecified atom stereocenters. The SMILES string of the molecule is CN1C(=O)C(=Cc2cc(Cl)c(OCCOc3ccc(C4CCCCC4)cc3)c(Cl)c2)C(=O)N(C)C1=O. The summed E-state index contributed by atoms with van der Waals surface area (Å²) in [6.45, 7) is 0.524. The number of ether oxygens (including phenoxy) is 2. The minimum atomic E-state index is -0.695. The van der Waals surface area contributed by atoms with Crippen molar-refractivity contribution in [2.75, 3.05) is 27.3 Å². The molecule has 190 valence electrons. The largest absolute Gasteiger partial charge is 0.490 e. The molecule has 1 saturated heterocycles. The second-order valence-corrected chi connectivity index (χ2v) is 9.80. The molecule has 0 atom stereocenters. The van der Waals surface area contributed by atoms with Gasteiger partial charge in [-0.1, -0.05) is 54.6 Å². The molecule has 2 aliphatic rings. The van der Waals surface area contributed by atoms with Gasteiger partial charge in [-0.15, -0.1) is 0 Å². The number of barbiturate groups is 1. The molecule has 2 aromatic carbocycles. The molecule has 2 aromatic rings. The third kappa shape index (κ3) is 5.68. The first kappa shape index (κ1) is 26.0. The Morgan fingerprint density at radius 1 is 0.861 bits per heavy atom. The van der Waals surface area contributed by atoms with Gasteiger partial charge in [0.2, 0.25) is 0 Å². The fourth-order valence-electron chi connectivity index (χ4n) is 4.52. The summed E-state index contributed by atoms with van der Waals surface area (Å²) in [5, 5.41) is 0.444. The van der Waals surface area contributed by atoms with E-state index in [0.29, 0.717) is 18.1 Å². The normalized spacial score (nSPS) is 17.0. The standard InChI is InChI=1S/C27H28Cl2N2O5/c1-30-25(32)21(26(33)31(2)27(30)34)14-17-15-22(28)24(23(29)16-17)36-13-12-35-20-10-8-19(9-11-20)18-6-4-3-5-7-18/h8-11,14-16,18H,3-7,12-13H2,1-2H3. The minimum absolute atomic E-state index is 0.164. The molecule has 4 rings (SSSR count). The molecule has 1 aliphatic heterocycles. The molecule has 2 fully saturated rings. The average molecular weight is 531 g/mol. The van der Waals surface area contributed by atoms with Crippen molar-refractivity contribution in [3.63, 3.8) is 0 Å². The average Bonchev–Trinajstić information content (AvgIpc) is 2.89. The summed E-state index contributed by atoms with van der Waals surface area (Å²) in [5.74, 6) is 0.312. The zero-order chi connectivity index (χ0) is 25.8. The number of rotatable bonds is 7. The summed E-state index contributed by atoms with van der Waals surface area (Å²) < 4.78 is 11.5. The molecule has 0 radical (unpaired) electrons. The van der Waals surface area contributed by atoms with Gasteiger partial charge in [0.05, 0.1) is 10.0 Å². The van der Waals surface area contributed by atoms with Gasteiger partial charge < -0.3 is 9.47 Å². The Morgan fingerprint density at radius 2 is 1.42 bits per heavy atom. The van der Waals surface area contributed by atoms with Crippen LogP contribution in [0.4, 0.5) is 4.79 Å². The predicted molar refractivity (Wildman–Crippen MR) is 139 cm³/mol. The maximum Gasteiger partial charge on any atom is 0.333 e. The Hall–Kier alpha value is -3.03. The lowest BCUT2D eigenvalue weighted by Gasteiger charge is -2.28. The topological polar surface area (TPSA) is 76.2 Å². The number of imide groups is 2. The second-order valence-electron chi connectivity index (χ2n) is 8.98. The highest BCUT2D eigenvalue weighted by molar-refractivity contribution is 6.37. The van der Waals surface area contributed by atoms with Gasteiger partial charge in [0.25, 0.3) is 11.8 Å². The number of hydrogen-bond acceptors (Lipinski definition) is 5. The Labute approximate surface area is 220 Å². The zero-order valence-electron chi connectivity index (χ0n) is 20.3. The van der Waals surface area contributed by atoms with E-state index in [1.807, 2.05) is 12.1 Å². The second kappa shape index (κ2) is 11.4. The van der Waals surface area contributed by atoms with Gasteiger partial charge in [-0.2, -0.15) is 0 Å². The maximum atomic E-state index is 12.4. The van der Waals surface area contributed by atoms with Crippen LogP contribution in [0.1, 0.15) is 49.1 Å². The van der Waals surface area contributed by atoms with E-state index in [1.54, 1.807) is 0 Å². The smallest absolute Gasteiger partial charge is 0.333 e. The van der Waals surface area contributed by atoms with Crippen LogP contribution in [-0.4, -0.2) is 55.0 Å². The number of halogens is 2. The quantitative estimate of drug-likeness (QED) is 0.251. The van der Waals surface area contributed by atoms with Crippen molar-refractivity contribution < 1.29 is 23.9 Å². The van der Waals surface area contributed by atoms with Gasteiger partial charge in [0.1, 0.15) is 24.5 Å². The van der Waals surface area contributed by atoms with Crippen LogP contribution in [0.15, 0.2) is 42.0 Å². The molecule has 0 spiro atoms. The summed E-state index contributed by atoms with van der Waals surface area (Å²) >= 11 is 12.7. The van der Waals surface area contributed by atoms with Crippen molar-refractivity contribution in [1.82, 2.24) is 9.80 Å². The van der Waals surface area contributed by atoms with Crippen LogP contribution in [0.25, 0.3) is 6.08 Å². The Morgan fingerprint density at radius 3 is 2.00 bits per heavy atom. The number of carbonyl (C=O) groups excluding carboxylic acids is 3. The minimum Gasteiger partial charge on any atom is -0.490 e. The van der Waals surface area contributed by atoms with E-state index < -0.39 is 17.8 Å². The fourth-order valence-corrected chi connectivity index (χ4v) is 5.13. The highest BCUT2D eigenvalue weighted by Gasteiger charge is 2.37. The van der Waals surface area contributed by atoms with Crippen LogP contribution in [0.5, 0.6) is 11.5 Å².